The van der Waals surface area contributed by atoms with Gasteiger partial charge in [-0.05, 0) is 11.6 Å². The van der Waals surface area contributed by atoms with Crippen molar-refractivity contribution in [1.29, 1.82) is 0 Å². The molecule has 1 aliphatic carbocycles. The molecule has 78 valence electrons. The number of benzene rings is 2. The van der Waals surface area contributed by atoms with E-state index in [1.54, 1.807) is 0 Å². The van der Waals surface area contributed by atoms with Gasteiger partial charge in [0, 0.05) is 28.3 Å². The summed E-state index contributed by atoms with van der Waals surface area (Å²) in [7, 11) is 0. The van der Waals surface area contributed by atoms with E-state index in [1.165, 1.54) is 16.3 Å². The molecule has 4 rings (SSSR count). The van der Waals surface area contributed by atoms with Crippen LogP contribution in [0.2, 0.25) is 0 Å². The van der Waals surface area contributed by atoms with Gasteiger partial charge in [0.15, 0.2) is 0 Å². The lowest BCUT2D eigenvalue weighted by Crippen LogP contribution is -2.16. The molecule has 1 aliphatic rings. The van der Waals surface area contributed by atoms with Crippen LogP contribution < -0.4 is 0 Å². The van der Waals surface area contributed by atoms with Crippen LogP contribution in [0.1, 0.15) is 17.2 Å². The number of nitrogens with one attached hydrogen (secondary N) is 1. The second-order valence-electron chi connectivity index (χ2n) is 4.45. The molecule has 0 aliphatic heterocycles. The summed E-state index contributed by atoms with van der Waals surface area (Å²) < 4.78 is 0. The van der Waals surface area contributed by atoms with E-state index in [2.05, 4.69) is 29.2 Å². The smallest absolute Gasteiger partial charge is 0.0853 e. The number of aromatic nitrogens is 1. The minimum Gasteiger partial charge on any atom is -0.388 e. The van der Waals surface area contributed by atoms with Crippen molar-refractivity contribution in [3.63, 3.8) is 0 Å². The zero-order valence-electron chi connectivity index (χ0n) is 8.70. The van der Waals surface area contributed by atoms with Crippen molar-refractivity contribution in [2.24, 2.45) is 0 Å². The molecule has 0 amide bonds. The number of aliphatic hydroxyl groups is 1. The molecule has 1 atom stereocenters. The molecule has 0 saturated carbocycles. The summed E-state index contributed by atoms with van der Waals surface area (Å²) in [6, 6.07) is 12.5. The SMILES string of the molecule is OC1Cc2ccc3c([nH]c4ccccc43)c21. The monoisotopic (exact) mass is 209 g/mol. The first kappa shape index (κ1) is 8.36. The van der Waals surface area contributed by atoms with Crippen LogP contribution in [0.15, 0.2) is 36.4 Å². The van der Waals surface area contributed by atoms with Crippen molar-refractivity contribution >= 4 is 21.8 Å². The van der Waals surface area contributed by atoms with Crippen molar-refractivity contribution in [3.8, 4) is 0 Å². The average Bonchev–Trinajstić information content (AvgIpc) is 2.63. The number of para-hydroxylation sites is 1. The van der Waals surface area contributed by atoms with Crippen LogP contribution in [-0.2, 0) is 6.42 Å². The van der Waals surface area contributed by atoms with Crippen molar-refractivity contribution < 1.29 is 5.11 Å². The van der Waals surface area contributed by atoms with Gasteiger partial charge in [0.25, 0.3) is 0 Å². The summed E-state index contributed by atoms with van der Waals surface area (Å²) in [6.07, 6.45) is 0.507. The first-order valence-electron chi connectivity index (χ1n) is 5.55. The molecule has 0 radical (unpaired) electrons. The van der Waals surface area contributed by atoms with E-state index in [0.29, 0.717) is 0 Å². The van der Waals surface area contributed by atoms with Gasteiger partial charge in [-0.1, -0.05) is 30.3 Å². The van der Waals surface area contributed by atoms with Gasteiger partial charge in [-0.2, -0.15) is 0 Å². The third-order valence-corrected chi connectivity index (χ3v) is 3.56. The molecular weight excluding hydrogens is 198 g/mol. The van der Waals surface area contributed by atoms with Crippen LogP contribution in [0.4, 0.5) is 0 Å². The topological polar surface area (TPSA) is 36.0 Å². The molecule has 1 aromatic heterocycles. The van der Waals surface area contributed by atoms with Gasteiger partial charge in [-0.3, -0.25) is 0 Å². The van der Waals surface area contributed by atoms with Gasteiger partial charge in [-0.15, -0.1) is 0 Å². The van der Waals surface area contributed by atoms with E-state index in [0.717, 1.165) is 23.0 Å². The molecule has 0 fully saturated rings. The highest BCUT2D eigenvalue weighted by atomic mass is 16.3. The molecule has 0 saturated heterocycles. The zero-order valence-corrected chi connectivity index (χ0v) is 8.70. The van der Waals surface area contributed by atoms with Crippen molar-refractivity contribution in [1.82, 2.24) is 4.98 Å². The molecule has 2 N–H and O–H groups in total. The molecule has 2 aromatic carbocycles. The minimum atomic E-state index is -0.285. The van der Waals surface area contributed by atoms with Crippen LogP contribution in [-0.4, -0.2) is 10.1 Å². The van der Waals surface area contributed by atoms with Gasteiger partial charge >= 0.3 is 0 Å². The first-order chi connectivity index (χ1) is 7.84. The summed E-state index contributed by atoms with van der Waals surface area (Å²) in [5.74, 6) is 0. The molecule has 1 heterocycles. The zero-order chi connectivity index (χ0) is 10.7. The Bertz CT molecular complexity index is 711. The van der Waals surface area contributed by atoms with Crippen LogP contribution in [0.25, 0.3) is 21.8 Å². The minimum absolute atomic E-state index is 0.285. The highest BCUT2D eigenvalue weighted by molar-refractivity contribution is 6.08. The van der Waals surface area contributed by atoms with Crippen LogP contribution in [0.3, 0.4) is 0 Å². The van der Waals surface area contributed by atoms with Gasteiger partial charge in [0.05, 0.1) is 11.6 Å². The molecule has 3 aromatic rings. The lowest BCUT2D eigenvalue weighted by molar-refractivity contribution is 0.155. The number of rotatable bonds is 0. The predicted molar refractivity (Wildman–Crippen MR) is 64.5 cm³/mol. The number of hydrogen-bond acceptors (Lipinski definition) is 1. The second-order valence-corrected chi connectivity index (χ2v) is 4.45. The van der Waals surface area contributed by atoms with Gasteiger partial charge in [0.2, 0.25) is 0 Å². The molecule has 0 bridgehead atoms. The average molecular weight is 209 g/mol. The van der Waals surface area contributed by atoms with Crippen molar-refractivity contribution in [2.75, 3.05) is 0 Å². The van der Waals surface area contributed by atoms with Gasteiger partial charge in [-0.25, -0.2) is 0 Å². The molecule has 1 unspecified atom stereocenters. The molecule has 2 heteroatoms. The Kier molecular flexibility index (Phi) is 1.39. The third kappa shape index (κ3) is 0.859. The summed E-state index contributed by atoms with van der Waals surface area (Å²) in [6.45, 7) is 0. The number of hydrogen-bond donors (Lipinski definition) is 2. The standard InChI is InChI=1S/C14H11NO/c16-12-7-8-5-6-10-9-3-1-2-4-11(9)15-14(10)13(8)12/h1-6,12,15-16H,7H2. The van der Waals surface area contributed by atoms with Crippen molar-refractivity contribution in [3.05, 3.63) is 47.5 Å². The van der Waals surface area contributed by atoms with E-state index < -0.39 is 0 Å². The fourth-order valence-corrected chi connectivity index (χ4v) is 2.72. The van der Waals surface area contributed by atoms with Crippen LogP contribution in [0.5, 0.6) is 0 Å². The molecular formula is C14H11NO. The Hall–Kier alpha value is -1.80. The Morgan fingerprint density at radius 3 is 2.81 bits per heavy atom. The highest BCUT2D eigenvalue weighted by Gasteiger charge is 2.27. The van der Waals surface area contributed by atoms with Crippen molar-refractivity contribution in [2.45, 2.75) is 12.5 Å². The summed E-state index contributed by atoms with van der Waals surface area (Å²) >= 11 is 0. The number of aromatic amines is 1. The molecule has 16 heavy (non-hydrogen) atoms. The summed E-state index contributed by atoms with van der Waals surface area (Å²) in [5.41, 5.74) is 4.61. The summed E-state index contributed by atoms with van der Waals surface area (Å²) in [4.78, 5) is 3.41. The van der Waals surface area contributed by atoms with Crippen LogP contribution in [0, 0.1) is 0 Å². The Labute approximate surface area is 92.5 Å². The highest BCUT2D eigenvalue weighted by Crippen LogP contribution is 2.40. The fourth-order valence-electron chi connectivity index (χ4n) is 2.72. The third-order valence-electron chi connectivity index (χ3n) is 3.56. The molecule has 2 nitrogen and oxygen atoms in total. The normalized spacial score (nSPS) is 18.7. The fraction of sp³-hybridized carbons (Fsp3) is 0.143. The maximum absolute atomic E-state index is 9.80. The number of H-pyrrole nitrogens is 1. The van der Waals surface area contributed by atoms with Gasteiger partial charge < -0.3 is 10.1 Å². The van der Waals surface area contributed by atoms with Crippen LogP contribution >= 0.6 is 0 Å². The largest absolute Gasteiger partial charge is 0.388 e. The van der Waals surface area contributed by atoms with Gasteiger partial charge in [0.1, 0.15) is 0 Å². The lowest BCUT2D eigenvalue weighted by Gasteiger charge is -2.26. The first-order valence-corrected chi connectivity index (χ1v) is 5.55. The maximum atomic E-state index is 9.80. The predicted octanol–water partition coefficient (Wildman–Crippen LogP) is 2.91. The Morgan fingerprint density at radius 2 is 1.94 bits per heavy atom. The summed E-state index contributed by atoms with van der Waals surface area (Å²) in [5, 5.41) is 12.3. The van der Waals surface area contributed by atoms with E-state index >= 15 is 0 Å². The lowest BCUT2D eigenvalue weighted by atomic mass is 9.84. The van der Waals surface area contributed by atoms with E-state index in [4.69, 9.17) is 0 Å². The van der Waals surface area contributed by atoms with E-state index in [9.17, 15) is 5.11 Å². The maximum Gasteiger partial charge on any atom is 0.0853 e. The second kappa shape index (κ2) is 2.66. The van der Waals surface area contributed by atoms with E-state index in [1.807, 2.05) is 12.1 Å². The number of fused-ring (bicyclic) bond motifs is 5. The quantitative estimate of drug-likeness (QED) is 0.586. The molecule has 0 spiro atoms. The Balaban J connectivity index is 2.24. The Morgan fingerprint density at radius 1 is 1.06 bits per heavy atom. The van der Waals surface area contributed by atoms with E-state index in [-0.39, 0.29) is 6.10 Å². The number of aliphatic hydroxyl groups excluding tert-OH is 1.